The van der Waals surface area contributed by atoms with Crippen LogP contribution in [0, 0.1) is 0 Å². The highest BCUT2D eigenvalue weighted by atomic mass is 35.5. The molecule has 2 heterocycles. The molecule has 0 aromatic carbocycles. The third-order valence-corrected chi connectivity index (χ3v) is 5.95. The lowest BCUT2D eigenvalue weighted by Gasteiger charge is -2.35. The largest absolute Gasteiger partial charge is 0.356 e. The molecule has 0 aliphatic carbocycles. The van der Waals surface area contributed by atoms with Crippen molar-refractivity contribution in [3.8, 4) is 0 Å². The number of piperidine rings is 1. The van der Waals surface area contributed by atoms with Gasteiger partial charge in [-0.1, -0.05) is 37.2 Å². The quantitative estimate of drug-likeness (QED) is 0.351. The Labute approximate surface area is 172 Å². The maximum atomic E-state index is 12.5. The van der Waals surface area contributed by atoms with Crippen molar-refractivity contribution < 1.29 is 4.79 Å². The first-order chi connectivity index (χ1) is 12.9. The number of carbonyl (C=O) groups is 1. The number of carbonyl (C=O) groups excluding carboxylic acids is 1. The lowest BCUT2D eigenvalue weighted by molar-refractivity contribution is -0.128. The van der Waals surface area contributed by atoms with Crippen molar-refractivity contribution in [3.05, 3.63) is 11.2 Å². The fourth-order valence-electron chi connectivity index (χ4n) is 3.32. The van der Waals surface area contributed by atoms with Crippen molar-refractivity contribution in [2.24, 2.45) is 0 Å². The van der Waals surface area contributed by atoms with Gasteiger partial charge in [-0.25, -0.2) is 9.97 Å². The molecule has 1 amide bonds. The lowest BCUT2D eigenvalue weighted by Crippen LogP contribution is -2.42. The third kappa shape index (κ3) is 6.80. The first-order valence-electron chi connectivity index (χ1n) is 9.81. The molecule has 0 N–H and O–H groups in total. The Bertz CT molecular complexity index is 604. The van der Waals surface area contributed by atoms with Gasteiger partial charge in [-0.3, -0.25) is 4.79 Å². The molecular weight excluding hydrogens is 382 g/mol. The van der Waals surface area contributed by atoms with Crippen LogP contribution in [0.3, 0.4) is 0 Å². The van der Waals surface area contributed by atoms with Crippen molar-refractivity contribution in [3.63, 3.8) is 0 Å². The van der Waals surface area contributed by atoms with E-state index in [1.807, 2.05) is 11.0 Å². The average Bonchev–Trinajstić information content (AvgIpc) is 2.65. The van der Waals surface area contributed by atoms with Crippen LogP contribution in [0.2, 0.25) is 5.15 Å². The summed E-state index contributed by atoms with van der Waals surface area (Å²) in [7, 11) is 4.22. The molecule has 8 heteroatoms. The zero-order valence-electron chi connectivity index (χ0n) is 16.9. The molecule has 1 aromatic heterocycles. The number of likely N-dealkylation sites (tertiary alicyclic amines) is 1. The predicted molar refractivity (Wildman–Crippen MR) is 114 cm³/mol. The van der Waals surface area contributed by atoms with E-state index in [0.717, 1.165) is 57.7 Å². The molecule has 0 saturated carbocycles. The molecular formula is C19H32ClN5OS. The fraction of sp³-hybridized carbons (Fsp3) is 0.737. The van der Waals surface area contributed by atoms with Gasteiger partial charge < -0.3 is 14.7 Å². The van der Waals surface area contributed by atoms with Gasteiger partial charge >= 0.3 is 0 Å². The Morgan fingerprint density at radius 3 is 2.48 bits per heavy atom. The Morgan fingerprint density at radius 1 is 1.26 bits per heavy atom. The maximum absolute atomic E-state index is 12.5. The van der Waals surface area contributed by atoms with Crippen LogP contribution in [-0.4, -0.2) is 77.7 Å². The molecule has 0 atom stereocenters. The Hall–Kier alpha value is -1.05. The molecule has 0 bridgehead atoms. The second-order valence-electron chi connectivity index (χ2n) is 7.15. The zero-order valence-corrected chi connectivity index (χ0v) is 18.5. The number of hydrogen-bond acceptors (Lipinski definition) is 6. The van der Waals surface area contributed by atoms with Gasteiger partial charge in [0, 0.05) is 32.2 Å². The van der Waals surface area contributed by atoms with E-state index < -0.39 is 0 Å². The number of halogens is 1. The maximum Gasteiger partial charge on any atom is 0.233 e. The van der Waals surface area contributed by atoms with Crippen molar-refractivity contribution in [2.45, 2.75) is 50.7 Å². The Balaban J connectivity index is 2.00. The molecule has 0 spiro atoms. The van der Waals surface area contributed by atoms with E-state index in [1.54, 1.807) is 0 Å². The predicted octanol–water partition coefficient (Wildman–Crippen LogP) is 3.40. The van der Waals surface area contributed by atoms with Crippen molar-refractivity contribution in [2.75, 3.05) is 50.9 Å². The van der Waals surface area contributed by atoms with Gasteiger partial charge in [0.25, 0.3) is 0 Å². The summed E-state index contributed by atoms with van der Waals surface area (Å²) in [4.78, 5) is 27.9. The fourth-order valence-corrected chi connectivity index (χ4v) is 4.30. The van der Waals surface area contributed by atoms with Gasteiger partial charge in [0.15, 0.2) is 5.16 Å². The van der Waals surface area contributed by atoms with Crippen LogP contribution in [0.5, 0.6) is 0 Å². The molecule has 2 rings (SSSR count). The van der Waals surface area contributed by atoms with Crippen LogP contribution in [0.1, 0.15) is 39.5 Å². The molecule has 1 aliphatic rings. The van der Waals surface area contributed by atoms with E-state index in [0.29, 0.717) is 22.1 Å². The zero-order chi connectivity index (χ0) is 19.8. The normalized spacial score (nSPS) is 15.7. The van der Waals surface area contributed by atoms with Gasteiger partial charge in [0.2, 0.25) is 5.91 Å². The van der Waals surface area contributed by atoms with Crippen LogP contribution in [0.15, 0.2) is 11.2 Å². The third-order valence-electron chi connectivity index (χ3n) is 4.92. The molecule has 152 valence electrons. The van der Waals surface area contributed by atoms with Crippen molar-refractivity contribution in [1.29, 1.82) is 0 Å². The van der Waals surface area contributed by atoms with Gasteiger partial charge in [-0.15, -0.1) is 0 Å². The minimum Gasteiger partial charge on any atom is -0.356 e. The number of nitrogens with zero attached hydrogens (tertiary/aromatic N) is 5. The van der Waals surface area contributed by atoms with Gasteiger partial charge in [0.1, 0.15) is 11.0 Å². The standard InChI is InChI=1S/C19H32ClN5OS/c1-5-9-25(10-6-2)18(26)14-27-19-21-16(20)13-17(22-19)24(4)15-7-11-23(3)12-8-15/h13,15H,5-12,14H2,1-4H3. The Morgan fingerprint density at radius 2 is 1.89 bits per heavy atom. The highest BCUT2D eigenvalue weighted by molar-refractivity contribution is 7.99. The minimum atomic E-state index is 0.137. The molecule has 1 fully saturated rings. The van der Waals surface area contributed by atoms with Crippen LogP contribution >= 0.6 is 23.4 Å². The number of amides is 1. The second kappa shape index (κ2) is 11.1. The summed E-state index contributed by atoms with van der Waals surface area (Å²) in [5.74, 6) is 1.31. The van der Waals surface area contributed by atoms with Crippen LogP contribution in [0.4, 0.5) is 5.82 Å². The highest BCUT2D eigenvalue weighted by Crippen LogP contribution is 2.25. The van der Waals surface area contributed by atoms with E-state index in [9.17, 15) is 4.79 Å². The number of anilines is 1. The van der Waals surface area contributed by atoms with Gasteiger partial charge in [-0.2, -0.15) is 0 Å². The molecule has 0 radical (unpaired) electrons. The number of rotatable bonds is 9. The average molecular weight is 414 g/mol. The molecule has 0 unspecified atom stereocenters. The SMILES string of the molecule is CCCN(CCC)C(=O)CSc1nc(Cl)cc(N(C)C2CCN(C)CC2)n1. The molecule has 1 saturated heterocycles. The second-order valence-corrected chi connectivity index (χ2v) is 8.48. The Kier molecular flexibility index (Phi) is 9.12. The summed E-state index contributed by atoms with van der Waals surface area (Å²) in [5, 5.41) is 0.993. The molecule has 1 aromatic rings. The monoisotopic (exact) mass is 413 g/mol. The molecule has 6 nitrogen and oxygen atoms in total. The number of hydrogen-bond donors (Lipinski definition) is 0. The first kappa shape index (κ1) is 22.2. The smallest absolute Gasteiger partial charge is 0.233 e. The summed E-state index contributed by atoms with van der Waals surface area (Å²) in [5.41, 5.74) is 0. The molecule has 1 aliphatic heterocycles. The van der Waals surface area contributed by atoms with E-state index >= 15 is 0 Å². The summed E-state index contributed by atoms with van der Waals surface area (Å²) in [6.45, 7) is 7.97. The highest BCUT2D eigenvalue weighted by Gasteiger charge is 2.22. The van der Waals surface area contributed by atoms with Gasteiger partial charge in [0.05, 0.1) is 5.75 Å². The van der Waals surface area contributed by atoms with E-state index in [4.69, 9.17) is 11.6 Å². The van der Waals surface area contributed by atoms with E-state index in [1.165, 1.54) is 11.8 Å². The number of aromatic nitrogens is 2. The van der Waals surface area contributed by atoms with Crippen LogP contribution in [0.25, 0.3) is 0 Å². The number of thioether (sulfide) groups is 1. The van der Waals surface area contributed by atoms with E-state index in [-0.39, 0.29) is 5.91 Å². The lowest BCUT2D eigenvalue weighted by atomic mass is 10.0. The summed E-state index contributed by atoms with van der Waals surface area (Å²) in [6.07, 6.45) is 4.16. The summed E-state index contributed by atoms with van der Waals surface area (Å²) >= 11 is 7.61. The van der Waals surface area contributed by atoms with Crippen molar-refractivity contribution >= 4 is 35.1 Å². The van der Waals surface area contributed by atoms with Gasteiger partial charge in [-0.05, 0) is 45.8 Å². The summed E-state index contributed by atoms with van der Waals surface area (Å²) < 4.78 is 0. The van der Waals surface area contributed by atoms with Crippen LogP contribution < -0.4 is 4.90 Å². The summed E-state index contributed by atoms with van der Waals surface area (Å²) in [6, 6.07) is 2.27. The minimum absolute atomic E-state index is 0.137. The first-order valence-corrected chi connectivity index (χ1v) is 11.2. The topological polar surface area (TPSA) is 52.6 Å². The van der Waals surface area contributed by atoms with Crippen molar-refractivity contribution in [1.82, 2.24) is 19.8 Å². The van der Waals surface area contributed by atoms with Crippen LogP contribution in [-0.2, 0) is 4.79 Å². The molecule has 27 heavy (non-hydrogen) atoms. The van der Waals surface area contributed by atoms with E-state index in [2.05, 4.69) is 47.7 Å².